The molecule has 0 bridgehead atoms. The number of hydrogen-bond donors (Lipinski definition) is 3. The molecular formula is C20H20ClN3O6. The molecule has 0 aliphatic carbocycles. The van der Waals surface area contributed by atoms with Gasteiger partial charge in [0.25, 0.3) is 11.8 Å². The summed E-state index contributed by atoms with van der Waals surface area (Å²) in [5, 5.41) is 3.04. The van der Waals surface area contributed by atoms with Crippen LogP contribution >= 0.6 is 11.6 Å². The standard InChI is InChI=1S/C20H20ClN3O6/c1-29-16-8-6-15(7-9-16)22-18(26)12-30-19(27)11-10-17(25)23-24-20(28)13-2-4-14(21)5-3-13/h2-9H,10-12H2,1H3,(H,22,26)(H,23,25)(H,24,28). The van der Waals surface area contributed by atoms with Crippen molar-refractivity contribution in [3.05, 3.63) is 59.1 Å². The Labute approximate surface area is 177 Å². The van der Waals surface area contributed by atoms with Crippen molar-refractivity contribution < 1.29 is 28.7 Å². The van der Waals surface area contributed by atoms with E-state index in [2.05, 4.69) is 16.2 Å². The van der Waals surface area contributed by atoms with E-state index in [4.69, 9.17) is 21.1 Å². The fourth-order valence-electron chi connectivity index (χ4n) is 2.17. The molecule has 0 aliphatic rings. The quantitative estimate of drug-likeness (QED) is 0.432. The zero-order chi connectivity index (χ0) is 21.9. The zero-order valence-electron chi connectivity index (χ0n) is 16.1. The summed E-state index contributed by atoms with van der Waals surface area (Å²) in [6.07, 6.45) is -0.474. The van der Waals surface area contributed by atoms with Crippen molar-refractivity contribution in [1.82, 2.24) is 10.9 Å². The zero-order valence-corrected chi connectivity index (χ0v) is 16.8. The van der Waals surface area contributed by atoms with Crippen molar-refractivity contribution in [1.29, 1.82) is 0 Å². The second-order valence-electron chi connectivity index (χ2n) is 5.95. The Morgan fingerprint density at radius 3 is 2.17 bits per heavy atom. The average molecular weight is 434 g/mol. The Balaban J connectivity index is 1.63. The Kier molecular flexibility index (Phi) is 8.64. The molecule has 0 saturated carbocycles. The van der Waals surface area contributed by atoms with Crippen LogP contribution in [0.15, 0.2) is 48.5 Å². The molecule has 0 radical (unpaired) electrons. The van der Waals surface area contributed by atoms with Gasteiger partial charge < -0.3 is 14.8 Å². The van der Waals surface area contributed by atoms with Crippen LogP contribution in [0.5, 0.6) is 5.75 Å². The number of benzene rings is 2. The van der Waals surface area contributed by atoms with Crippen LogP contribution in [-0.4, -0.2) is 37.4 Å². The minimum absolute atomic E-state index is 0.222. The molecule has 0 aromatic heterocycles. The first-order chi connectivity index (χ1) is 14.4. The van der Waals surface area contributed by atoms with Gasteiger partial charge in [-0.1, -0.05) is 11.6 Å². The Morgan fingerprint density at radius 1 is 0.867 bits per heavy atom. The van der Waals surface area contributed by atoms with Gasteiger partial charge in [0.2, 0.25) is 5.91 Å². The second-order valence-corrected chi connectivity index (χ2v) is 6.38. The van der Waals surface area contributed by atoms with E-state index in [0.717, 1.165) is 0 Å². The molecule has 0 atom stereocenters. The largest absolute Gasteiger partial charge is 0.497 e. The first-order valence-electron chi connectivity index (χ1n) is 8.81. The van der Waals surface area contributed by atoms with Gasteiger partial charge in [-0.3, -0.25) is 30.0 Å². The fraction of sp³-hybridized carbons (Fsp3) is 0.200. The molecule has 0 aliphatic heterocycles. The summed E-state index contributed by atoms with van der Waals surface area (Å²) in [5.41, 5.74) is 5.24. The van der Waals surface area contributed by atoms with Crippen molar-refractivity contribution in [3.63, 3.8) is 0 Å². The van der Waals surface area contributed by atoms with Crippen molar-refractivity contribution in [2.75, 3.05) is 19.0 Å². The van der Waals surface area contributed by atoms with Gasteiger partial charge >= 0.3 is 5.97 Å². The number of hydrogen-bond acceptors (Lipinski definition) is 6. The maximum atomic E-state index is 11.8. The van der Waals surface area contributed by atoms with Crippen LogP contribution in [0.3, 0.4) is 0 Å². The van der Waals surface area contributed by atoms with Crippen LogP contribution in [0.2, 0.25) is 5.02 Å². The van der Waals surface area contributed by atoms with Gasteiger partial charge in [-0.05, 0) is 48.5 Å². The minimum Gasteiger partial charge on any atom is -0.497 e. The number of carbonyl (C=O) groups is 4. The van der Waals surface area contributed by atoms with Gasteiger partial charge in [0.1, 0.15) is 5.75 Å². The number of esters is 1. The topological polar surface area (TPSA) is 123 Å². The highest BCUT2D eigenvalue weighted by atomic mass is 35.5. The highest BCUT2D eigenvalue weighted by Gasteiger charge is 2.12. The van der Waals surface area contributed by atoms with Crippen molar-refractivity contribution in [2.45, 2.75) is 12.8 Å². The Hall–Kier alpha value is -3.59. The van der Waals surface area contributed by atoms with Gasteiger partial charge in [0, 0.05) is 22.7 Å². The predicted octanol–water partition coefficient (Wildman–Crippen LogP) is 2.07. The summed E-state index contributed by atoms with van der Waals surface area (Å²) in [4.78, 5) is 47.0. The Morgan fingerprint density at radius 2 is 1.53 bits per heavy atom. The third kappa shape index (κ3) is 7.80. The molecule has 0 fully saturated rings. The predicted molar refractivity (Wildman–Crippen MR) is 109 cm³/mol. The summed E-state index contributed by atoms with van der Waals surface area (Å²) in [5.74, 6) is -1.72. The van der Waals surface area contributed by atoms with Crippen molar-refractivity contribution in [2.24, 2.45) is 0 Å². The molecule has 2 aromatic rings. The molecule has 2 rings (SSSR count). The number of methoxy groups -OCH3 is 1. The van der Waals surface area contributed by atoms with E-state index in [-0.39, 0.29) is 12.8 Å². The summed E-state index contributed by atoms with van der Waals surface area (Å²) in [6, 6.07) is 12.7. The molecule has 0 heterocycles. The molecular weight excluding hydrogens is 414 g/mol. The fourth-order valence-corrected chi connectivity index (χ4v) is 2.29. The monoisotopic (exact) mass is 433 g/mol. The number of carbonyl (C=O) groups excluding carboxylic acids is 4. The van der Waals surface area contributed by atoms with E-state index in [1.54, 1.807) is 36.4 Å². The highest BCUT2D eigenvalue weighted by Crippen LogP contribution is 2.14. The first kappa shape index (κ1) is 22.7. The summed E-state index contributed by atoms with van der Waals surface area (Å²) in [7, 11) is 1.53. The second kappa shape index (κ2) is 11.4. The maximum Gasteiger partial charge on any atom is 0.306 e. The van der Waals surface area contributed by atoms with Gasteiger partial charge in [-0.2, -0.15) is 0 Å². The van der Waals surface area contributed by atoms with Crippen molar-refractivity contribution >= 4 is 41.0 Å². The lowest BCUT2D eigenvalue weighted by Gasteiger charge is -2.08. The number of nitrogens with one attached hydrogen (secondary N) is 3. The normalized spacial score (nSPS) is 9.93. The van der Waals surface area contributed by atoms with Gasteiger partial charge in [0.05, 0.1) is 13.5 Å². The highest BCUT2D eigenvalue weighted by molar-refractivity contribution is 6.30. The van der Waals surface area contributed by atoms with E-state index in [1.807, 2.05) is 0 Å². The first-order valence-corrected chi connectivity index (χ1v) is 9.19. The van der Waals surface area contributed by atoms with E-state index in [0.29, 0.717) is 22.0 Å². The van der Waals surface area contributed by atoms with Gasteiger partial charge in [-0.15, -0.1) is 0 Å². The molecule has 0 unspecified atom stereocenters. The van der Waals surface area contributed by atoms with E-state index >= 15 is 0 Å². The van der Waals surface area contributed by atoms with E-state index in [9.17, 15) is 19.2 Å². The third-order valence-corrected chi connectivity index (χ3v) is 3.97. The summed E-state index contributed by atoms with van der Waals surface area (Å²) < 4.78 is 9.84. The molecule has 0 saturated heterocycles. The maximum absolute atomic E-state index is 11.8. The molecule has 9 nitrogen and oxygen atoms in total. The molecule has 2 aromatic carbocycles. The van der Waals surface area contributed by atoms with Gasteiger partial charge in [-0.25, -0.2) is 0 Å². The number of amides is 3. The minimum atomic E-state index is -0.723. The summed E-state index contributed by atoms with van der Waals surface area (Å²) in [6.45, 7) is -0.486. The molecule has 3 amide bonds. The van der Waals surface area contributed by atoms with Crippen LogP contribution in [0.4, 0.5) is 5.69 Å². The van der Waals surface area contributed by atoms with Crippen LogP contribution in [0.1, 0.15) is 23.2 Å². The summed E-state index contributed by atoms with van der Waals surface area (Å²) >= 11 is 5.74. The average Bonchev–Trinajstić information content (AvgIpc) is 2.75. The lowest BCUT2D eigenvalue weighted by Crippen LogP contribution is -2.41. The van der Waals surface area contributed by atoms with Crippen LogP contribution in [-0.2, 0) is 19.1 Å². The van der Waals surface area contributed by atoms with E-state index < -0.39 is 30.3 Å². The van der Waals surface area contributed by atoms with Crippen LogP contribution in [0.25, 0.3) is 0 Å². The molecule has 158 valence electrons. The smallest absolute Gasteiger partial charge is 0.306 e. The molecule has 10 heteroatoms. The lowest BCUT2D eigenvalue weighted by atomic mass is 10.2. The molecule has 30 heavy (non-hydrogen) atoms. The number of anilines is 1. The van der Waals surface area contributed by atoms with Crippen LogP contribution in [0, 0.1) is 0 Å². The van der Waals surface area contributed by atoms with Crippen molar-refractivity contribution in [3.8, 4) is 5.75 Å². The number of hydrazine groups is 1. The number of rotatable bonds is 8. The molecule has 3 N–H and O–H groups in total. The number of halogens is 1. The SMILES string of the molecule is COc1ccc(NC(=O)COC(=O)CCC(=O)NNC(=O)c2ccc(Cl)cc2)cc1. The number of ether oxygens (including phenoxy) is 2. The molecule has 0 spiro atoms. The Bertz CT molecular complexity index is 900. The lowest BCUT2D eigenvalue weighted by molar-refractivity contribution is -0.148. The van der Waals surface area contributed by atoms with Crippen LogP contribution < -0.4 is 20.9 Å². The van der Waals surface area contributed by atoms with Gasteiger partial charge in [0.15, 0.2) is 6.61 Å². The van der Waals surface area contributed by atoms with E-state index in [1.165, 1.54) is 19.2 Å². The third-order valence-electron chi connectivity index (χ3n) is 3.72.